The Morgan fingerprint density at radius 2 is 0.935 bits per heavy atom. The maximum atomic E-state index is 10.0. The Balaban J connectivity index is 1.29. The van der Waals surface area contributed by atoms with Gasteiger partial charge < -0.3 is 8.83 Å². The number of hydrogen-bond acceptors (Lipinski definition) is 3. The molecule has 2 aromatic heterocycles. The zero-order valence-corrected chi connectivity index (χ0v) is 24.7. The Bertz CT molecular complexity index is 2650. The van der Waals surface area contributed by atoms with Crippen molar-refractivity contribution in [2.45, 2.75) is 0 Å². The first-order valence-corrected chi connectivity index (χ1v) is 15.3. The first-order valence-electron chi connectivity index (χ1n) is 15.3. The van der Waals surface area contributed by atoms with E-state index >= 15 is 0 Å². The summed E-state index contributed by atoms with van der Waals surface area (Å²) in [5.41, 5.74) is 12.3. The third-order valence-corrected chi connectivity index (χ3v) is 8.86. The van der Waals surface area contributed by atoms with Crippen molar-refractivity contribution >= 4 is 43.9 Å². The third-order valence-electron chi connectivity index (χ3n) is 8.86. The fourth-order valence-electron chi connectivity index (χ4n) is 6.65. The fourth-order valence-corrected chi connectivity index (χ4v) is 6.65. The molecule has 0 spiro atoms. The van der Waals surface area contributed by atoms with Crippen LogP contribution in [0.25, 0.3) is 88.4 Å². The van der Waals surface area contributed by atoms with Gasteiger partial charge in [0.05, 0.1) is 11.6 Å². The number of furan rings is 2. The van der Waals surface area contributed by atoms with Crippen molar-refractivity contribution in [3.05, 3.63) is 157 Å². The second-order valence-electron chi connectivity index (χ2n) is 11.7. The fraction of sp³-hybridized carbons (Fsp3) is 0. The molecule has 0 radical (unpaired) electrons. The number of para-hydroxylation sites is 3. The van der Waals surface area contributed by atoms with Crippen molar-refractivity contribution in [1.82, 2.24) is 0 Å². The molecule has 0 aliphatic carbocycles. The Morgan fingerprint density at radius 3 is 1.70 bits per heavy atom. The molecule has 9 aromatic rings. The van der Waals surface area contributed by atoms with Gasteiger partial charge in [0, 0.05) is 27.1 Å². The van der Waals surface area contributed by atoms with Crippen LogP contribution >= 0.6 is 0 Å². The van der Waals surface area contributed by atoms with Gasteiger partial charge in [-0.1, -0.05) is 91.0 Å². The molecule has 0 aliphatic rings. The Hall–Kier alpha value is -6.37. The zero-order chi connectivity index (χ0) is 30.6. The molecule has 7 aromatic carbocycles. The van der Waals surface area contributed by atoms with E-state index in [0.717, 1.165) is 88.4 Å². The van der Waals surface area contributed by atoms with E-state index in [4.69, 9.17) is 8.83 Å². The van der Waals surface area contributed by atoms with Crippen molar-refractivity contribution in [2.24, 2.45) is 0 Å². The maximum Gasteiger partial charge on any atom is 0.143 e. The molecule has 9 rings (SSSR count). The molecular weight excluding hydrogens is 562 g/mol. The number of fused-ring (bicyclic) bond motifs is 6. The molecule has 0 saturated carbocycles. The second kappa shape index (κ2) is 10.4. The molecule has 0 saturated heterocycles. The lowest BCUT2D eigenvalue weighted by Crippen LogP contribution is -1.89. The molecule has 2 heterocycles. The summed E-state index contributed by atoms with van der Waals surface area (Å²) in [6, 6.07) is 54.4. The highest BCUT2D eigenvalue weighted by Gasteiger charge is 2.16. The molecule has 0 unspecified atom stereocenters. The number of benzene rings is 7. The van der Waals surface area contributed by atoms with E-state index in [1.54, 1.807) is 0 Å². The highest BCUT2D eigenvalue weighted by molar-refractivity contribution is 6.10. The highest BCUT2D eigenvalue weighted by Crippen LogP contribution is 2.41. The Kier molecular flexibility index (Phi) is 5.88. The van der Waals surface area contributed by atoms with Crippen molar-refractivity contribution in [3.63, 3.8) is 0 Å². The van der Waals surface area contributed by atoms with Crippen LogP contribution in [0.2, 0.25) is 0 Å². The molecule has 0 atom stereocenters. The zero-order valence-electron chi connectivity index (χ0n) is 24.7. The summed E-state index contributed by atoms with van der Waals surface area (Å²) in [5, 5.41) is 14.4. The summed E-state index contributed by atoms with van der Waals surface area (Å²) in [6.07, 6.45) is 0. The number of nitriles is 1. The lowest BCUT2D eigenvalue weighted by molar-refractivity contribution is 0.669. The molecule has 0 fully saturated rings. The van der Waals surface area contributed by atoms with Gasteiger partial charge in [-0.05, 0) is 99.6 Å². The lowest BCUT2D eigenvalue weighted by atomic mass is 9.90. The molecule has 46 heavy (non-hydrogen) atoms. The van der Waals surface area contributed by atoms with Gasteiger partial charge >= 0.3 is 0 Å². The van der Waals surface area contributed by atoms with E-state index in [9.17, 15) is 5.26 Å². The molecular formula is C43H25NO2. The van der Waals surface area contributed by atoms with Crippen molar-refractivity contribution in [1.29, 1.82) is 5.26 Å². The quantitative estimate of drug-likeness (QED) is 0.206. The van der Waals surface area contributed by atoms with Crippen molar-refractivity contribution in [2.75, 3.05) is 0 Å². The van der Waals surface area contributed by atoms with Crippen LogP contribution in [0.15, 0.2) is 160 Å². The Labute approximate surface area is 265 Å². The highest BCUT2D eigenvalue weighted by atomic mass is 16.3. The summed E-state index contributed by atoms with van der Waals surface area (Å²) in [4.78, 5) is 0. The van der Waals surface area contributed by atoms with E-state index < -0.39 is 0 Å². The summed E-state index contributed by atoms with van der Waals surface area (Å²) in [5.74, 6) is 0. The largest absolute Gasteiger partial charge is 0.456 e. The van der Waals surface area contributed by atoms with Crippen LogP contribution in [0.3, 0.4) is 0 Å². The Morgan fingerprint density at radius 1 is 0.370 bits per heavy atom. The summed E-state index contributed by atoms with van der Waals surface area (Å²) in [6.45, 7) is 0. The number of hydrogen-bond donors (Lipinski definition) is 0. The minimum absolute atomic E-state index is 0.617. The third kappa shape index (κ3) is 4.28. The topological polar surface area (TPSA) is 50.1 Å². The van der Waals surface area contributed by atoms with Crippen LogP contribution < -0.4 is 0 Å². The van der Waals surface area contributed by atoms with Crippen LogP contribution in [-0.4, -0.2) is 0 Å². The number of rotatable bonds is 4. The van der Waals surface area contributed by atoms with Gasteiger partial charge in [-0.15, -0.1) is 0 Å². The summed E-state index contributed by atoms with van der Waals surface area (Å²) in [7, 11) is 0. The number of nitrogens with zero attached hydrogens (tertiary/aromatic N) is 1. The molecule has 214 valence electrons. The van der Waals surface area contributed by atoms with E-state index in [0.29, 0.717) is 5.56 Å². The average Bonchev–Trinajstić information content (AvgIpc) is 3.69. The van der Waals surface area contributed by atoms with Gasteiger partial charge in [0.15, 0.2) is 0 Å². The normalized spacial score (nSPS) is 11.5. The monoisotopic (exact) mass is 587 g/mol. The van der Waals surface area contributed by atoms with Crippen molar-refractivity contribution < 1.29 is 8.83 Å². The predicted molar refractivity (Wildman–Crippen MR) is 187 cm³/mol. The van der Waals surface area contributed by atoms with E-state index in [1.165, 1.54) is 0 Å². The van der Waals surface area contributed by atoms with Gasteiger partial charge in [-0.2, -0.15) is 5.26 Å². The summed E-state index contributed by atoms with van der Waals surface area (Å²) < 4.78 is 12.8. The minimum Gasteiger partial charge on any atom is -0.456 e. The van der Waals surface area contributed by atoms with Gasteiger partial charge in [0.25, 0.3) is 0 Å². The van der Waals surface area contributed by atoms with Crippen LogP contribution in [0.4, 0.5) is 0 Å². The average molecular weight is 588 g/mol. The van der Waals surface area contributed by atoms with Gasteiger partial charge in [0.1, 0.15) is 22.3 Å². The summed E-state index contributed by atoms with van der Waals surface area (Å²) >= 11 is 0. The minimum atomic E-state index is 0.617. The first-order chi connectivity index (χ1) is 22.7. The molecule has 0 bridgehead atoms. The standard InChI is InChI=1S/C43H25NO2/c44-26-27-19-30(28-9-2-1-3-10-28)21-31(20-27)33-22-32(29-17-18-38-36-11-4-6-15-40(36)45-42(38)25-29)23-34(24-33)35-13-8-14-39-37-12-5-7-16-41(37)46-43(35)39/h1-25H. The first kappa shape index (κ1) is 26.1. The smallest absolute Gasteiger partial charge is 0.143 e. The molecule has 3 nitrogen and oxygen atoms in total. The second-order valence-corrected chi connectivity index (χ2v) is 11.7. The van der Waals surface area contributed by atoms with Crippen LogP contribution in [0.5, 0.6) is 0 Å². The molecule has 0 N–H and O–H groups in total. The van der Waals surface area contributed by atoms with Gasteiger partial charge in [-0.25, -0.2) is 0 Å². The van der Waals surface area contributed by atoms with Crippen LogP contribution in [0.1, 0.15) is 5.56 Å². The lowest BCUT2D eigenvalue weighted by Gasteiger charge is -2.13. The molecule has 3 heteroatoms. The van der Waals surface area contributed by atoms with E-state index in [-0.39, 0.29) is 0 Å². The van der Waals surface area contributed by atoms with E-state index in [2.05, 4.69) is 91.0 Å². The van der Waals surface area contributed by atoms with E-state index in [1.807, 2.05) is 66.7 Å². The van der Waals surface area contributed by atoms with Gasteiger partial charge in [0.2, 0.25) is 0 Å². The van der Waals surface area contributed by atoms with Crippen molar-refractivity contribution in [3.8, 4) is 50.6 Å². The van der Waals surface area contributed by atoms with Gasteiger partial charge in [-0.3, -0.25) is 0 Å². The van der Waals surface area contributed by atoms with Crippen LogP contribution in [0, 0.1) is 11.3 Å². The molecule has 0 amide bonds. The molecule has 0 aliphatic heterocycles. The SMILES string of the molecule is N#Cc1cc(-c2ccccc2)cc(-c2cc(-c3ccc4c(c3)oc3ccccc34)cc(-c3cccc4c3oc3ccccc34)c2)c1. The van der Waals surface area contributed by atoms with Crippen LogP contribution in [-0.2, 0) is 0 Å². The maximum absolute atomic E-state index is 10.0. The predicted octanol–water partition coefficient (Wildman–Crippen LogP) is 12.0.